The molecule has 0 saturated carbocycles. The monoisotopic (exact) mass is 311 g/mol. The molecule has 3 atom stereocenters. The van der Waals surface area contributed by atoms with Crippen molar-refractivity contribution < 1.29 is 8.76 Å². The summed E-state index contributed by atoms with van der Waals surface area (Å²) >= 11 is 5.38. The van der Waals surface area contributed by atoms with Gasteiger partial charge >= 0.3 is 0 Å². The highest BCUT2D eigenvalue weighted by Crippen LogP contribution is 2.32. The lowest BCUT2D eigenvalue weighted by atomic mass is 10.0. The minimum Gasteiger partial charge on any atom is -0.352 e. The number of nitrogens with zero attached hydrogens (tertiary/aromatic N) is 1. The van der Waals surface area contributed by atoms with E-state index in [0.29, 0.717) is 16.8 Å². The van der Waals surface area contributed by atoms with Gasteiger partial charge in [-0.25, -0.2) is 0 Å². The Hall–Kier alpha value is -0.980. The van der Waals surface area contributed by atoms with Crippen molar-refractivity contribution in [2.75, 3.05) is 16.4 Å². The molecule has 1 aromatic carbocycles. The van der Waals surface area contributed by atoms with Crippen molar-refractivity contribution in [1.82, 2.24) is 5.32 Å². The maximum atomic E-state index is 11.9. The van der Waals surface area contributed by atoms with Crippen LogP contribution in [0.5, 0.6) is 0 Å². The van der Waals surface area contributed by atoms with Crippen molar-refractivity contribution in [2.24, 2.45) is 0 Å². The molecule has 0 aromatic heterocycles. The fourth-order valence-electron chi connectivity index (χ4n) is 2.94. The summed E-state index contributed by atoms with van der Waals surface area (Å²) in [6.07, 6.45) is 0. The summed E-state index contributed by atoms with van der Waals surface area (Å²) in [5, 5.41) is 3.84. The summed E-state index contributed by atoms with van der Waals surface area (Å²) < 4.78 is 21.7. The maximum Gasteiger partial charge on any atom is 0.218 e. The van der Waals surface area contributed by atoms with Crippen molar-refractivity contribution in [3.05, 3.63) is 29.8 Å². The molecule has 6 heteroatoms. The summed E-state index contributed by atoms with van der Waals surface area (Å²) in [5.41, 5.74) is 2.28. The third-order valence-electron chi connectivity index (χ3n) is 4.03. The van der Waals surface area contributed by atoms with Crippen molar-refractivity contribution >= 4 is 33.2 Å². The van der Waals surface area contributed by atoms with E-state index in [4.69, 9.17) is 12.2 Å². The number of rotatable bonds is 2. The summed E-state index contributed by atoms with van der Waals surface area (Å²) in [6, 6.07) is 8.27. The van der Waals surface area contributed by atoms with E-state index in [9.17, 15) is 8.76 Å². The van der Waals surface area contributed by atoms with E-state index in [1.807, 2.05) is 17.0 Å². The Morgan fingerprint density at radius 1 is 1.35 bits per heavy atom. The molecule has 2 fully saturated rings. The van der Waals surface area contributed by atoms with E-state index in [-0.39, 0.29) is 17.8 Å². The molecule has 0 bridgehead atoms. The fourth-order valence-corrected chi connectivity index (χ4v) is 5.25. The third kappa shape index (κ3) is 2.36. The number of hydrogen-bond acceptors (Lipinski definition) is 2. The molecule has 2 aliphatic heterocycles. The van der Waals surface area contributed by atoms with Gasteiger partial charge in [-0.15, -0.1) is 0 Å². The highest BCUT2D eigenvalue weighted by atomic mass is 32.3. The minimum atomic E-state index is -2.71. The zero-order valence-electron chi connectivity index (χ0n) is 11.6. The molecule has 1 unspecified atom stereocenters. The number of anilines is 1. The van der Waals surface area contributed by atoms with Crippen LogP contribution >= 0.6 is 12.2 Å². The second-order valence-electron chi connectivity index (χ2n) is 5.85. The van der Waals surface area contributed by atoms with Crippen LogP contribution in [0, 0.1) is 0 Å². The molecule has 0 spiro atoms. The first-order valence-corrected chi connectivity index (χ1v) is 9.05. The molecule has 3 rings (SSSR count). The maximum absolute atomic E-state index is 11.9. The Morgan fingerprint density at radius 3 is 2.60 bits per heavy atom. The van der Waals surface area contributed by atoms with Crippen molar-refractivity contribution in [2.45, 2.75) is 31.8 Å². The first kappa shape index (κ1) is 14.0. The molecule has 108 valence electrons. The topological polar surface area (TPSA) is 52.6 Å². The minimum absolute atomic E-state index is 0.00935. The van der Waals surface area contributed by atoms with Gasteiger partial charge in [-0.2, -0.15) is 4.55 Å². The largest absolute Gasteiger partial charge is 0.352 e. The predicted octanol–water partition coefficient (Wildman–Crippen LogP) is 2.23. The molecule has 2 saturated heterocycles. The highest BCUT2D eigenvalue weighted by molar-refractivity contribution is 7.98. The predicted molar refractivity (Wildman–Crippen MR) is 86.7 cm³/mol. The number of nitrogens with one attached hydrogen (secondary N) is 1. The molecule has 2 aliphatic rings. The van der Waals surface area contributed by atoms with E-state index in [1.54, 1.807) is 0 Å². The number of fused-ring (bicyclic) bond motifs is 1. The van der Waals surface area contributed by atoms with Crippen molar-refractivity contribution in [3.8, 4) is 0 Å². The van der Waals surface area contributed by atoms with Gasteiger partial charge in [0.2, 0.25) is 10.2 Å². The van der Waals surface area contributed by atoms with Gasteiger partial charge in [0.15, 0.2) is 16.6 Å². The molecule has 0 radical (unpaired) electrons. The van der Waals surface area contributed by atoms with Crippen LogP contribution < -0.4 is 10.2 Å². The van der Waals surface area contributed by atoms with Gasteiger partial charge in [-0.1, -0.05) is 30.2 Å². The van der Waals surface area contributed by atoms with Crippen LogP contribution in [0.4, 0.5) is 5.69 Å². The van der Waals surface area contributed by atoms with Gasteiger partial charge in [-0.3, -0.25) is 0 Å². The van der Waals surface area contributed by atoms with E-state index < -0.39 is 10.2 Å². The summed E-state index contributed by atoms with van der Waals surface area (Å²) in [5.74, 6) is 1.07. The van der Waals surface area contributed by atoms with Crippen LogP contribution in [0.2, 0.25) is 0 Å². The quantitative estimate of drug-likeness (QED) is 0.648. The van der Waals surface area contributed by atoms with Crippen molar-refractivity contribution in [3.63, 3.8) is 0 Å². The van der Waals surface area contributed by atoms with Crippen LogP contribution in [0.15, 0.2) is 24.3 Å². The summed E-state index contributed by atoms with van der Waals surface area (Å²) in [6.45, 7) is 4.32. The SMILES string of the molecule is CC(C)c1ccc(N2C(=S)N[C@@H]3C[S+](=O)(O)C[C@@H]32)cc1. The molecule has 2 N–H and O–H groups in total. The third-order valence-corrected chi connectivity index (χ3v) is 6.09. The average molecular weight is 311 g/mol. The molecule has 2 heterocycles. The molecule has 0 aliphatic carbocycles. The number of thiocarbonyl (C=S) groups is 1. The molecule has 4 nitrogen and oxygen atoms in total. The zero-order valence-corrected chi connectivity index (χ0v) is 13.2. The van der Waals surface area contributed by atoms with Crippen molar-refractivity contribution in [1.29, 1.82) is 0 Å². The molecular weight excluding hydrogens is 292 g/mol. The van der Waals surface area contributed by atoms with E-state index in [1.165, 1.54) is 5.56 Å². The van der Waals surface area contributed by atoms with Gasteiger partial charge in [0.05, 0.1) is 0 Å². The first-order chi connectivity index (χ1) is 9.37. The molecule has 0 amide bonds. The Morgan fingerprint density at radius 2 is 2.00 bits per heavy atom. The van der Waals surface area contributed by atoms with Crippen LogP contribution in [0.3, 0.4) is 0 Å². The lowest BCUT2D eigenvalue weighted by Crippen LogP contribution is -2.37. The van der Waals surface area contributed by atoms with Gasteiger partial charge in [0.25, 0.3) is 0 Å². The van der Waals surface area contributed by atoms with Gasteiger partial charge in [-0.05, 0) is 35.8 Å². The van der Waals surface area contributed by atoms with Crippen LogP contribution in [-0.4, -0.2) is 33.3 Å². The molecule has 20 heavy (non-hydrogen) atoms. The van der Waals surface area contributed by atoms with Gasteiger partial charge < -0.3 is 10.2 Å². The lowest BCUT2D eigenvalue weighted by Gasteiger charge is -2.22. The lowest BCUT2D eigenvalue weighted by molar-refractivity contribution is 0.502. The van der Waals surface area contributed by atoms with Crippen LogP contribution in [0.1, 0.15) is 25.3 Å². The first-order valence-electron chi connectivity index (χ1n) is 6.79. The molecule has 1 aromatic rings. The number of benzene rings is 1. The zero-order chi connectivity index (χ0) is 14.5. The number of hydrogen-bond donors (Lipinski definition) is 2. The summed E-state index contributed by atoms with van der Waals surface area (Å²) in [4.78, 5) is 1.99. The second-order valence-corrected chi connectivity index (χ2v) is 8.44. The van der Waals surface area contributed by atoms with Crippen LogP contribution in [0.25, 0.3) is 0 Å². The van der Waals surface area contributed by atoms with Gasteiger partial charge in [0.1, 0.15) is 12.1 Å². The highest BCUT2D eigenvalue weighted by Gasteiger charge is 2.54. The van der Waals surface area contributed by atoms with E-state index in [0.717, 1.165) is 5.69 Å². The van der Waals surface area contributed by atoms with E-state index in [2.05, 4.69) is 31.3 Å². The Labute approximate surface area is 125 Å². The molecular formula is C14H19N2O2S2+. The fraction of sp³-hybridized carbons (Fsp3) is 0.500. The van der Waals surface area contributed by atoms with E-state index >= 15 is 0 Å². The Balaban J connectivity index is 1.89. The van der Waals surface area contributed by atoms with Crippen LogP contribution in [-0.2, 0) is 14.4 Å². The normalized spacial score (nSPS) is 32.6. The Kier molecular flexibility index (Phi) is 3.35. The standard InChI is InChI=1S/C14H18N2O2S2/c1-9(2)10-3-5-11(6-4-10)16-13-8-20(17,18)7-12(13)15-14(16)19/h3-6,9,12-13H,7-8H2,1-2H3,(H-,15,17,18,19)/p+1/t12-,13+/m1/s1. The van der Waals surface area contributed by atoms with Gasteiger partial charge in [0, 0.05) is 5.69 Å². The smallest absolute Gasteiger partial charge is 0.218 e. The second kappa shape index (κ2) is 4.79. The summed E-state index contributed by atoms with van der Waals surface area (Å²) in [7, 11) is -2.71. The average Bonchev–Trinajstić information content (AvgIpc) is 2.79. The Bertz CT molecular complexity index is 585.